The molecule has 6 nitrogen and oxygen atoms in total. The second-order valence-electron chi connectivity index (χ2n) is 7.74. The Labute approximate surface area is 148 Å². The average molecular weight is 364 g/mol. The second-order valence-corrected chi connectivity index (χ2v) is 9.68. The molecule has 2 fully saturated rings. The first-order valence-corrected chi connectivity index (χ1v) is 11.0. The molecule has 0 radical (unpaired) electrons. The number of hydrogen-bond donors (Lipinski definition) is 0. The molecule has 0 spiro atoms. The fourth-order valence-corrected chi connectivity index (χ4v) is 6.42. The SMILES string of the molecule is CS(=O)(=O)N1CCC[C@@H]2CN3CCc4cc5c(cc4[C@H]3C[C@@H]21)OCO5. The zero-order valence-corrected chi connectivity index (χ0v) is 15.3. The van der Waals surface area contributed by atoms with E-state index in [-0.39, 0.29) is 12.1 Å². The van der Waals surface area contributed by atoms with Crippen LogP contribution in [0.1, 0.15) is 36.4 Å². The highest BCUT2D eigenvalue weighted by Crippen LogP contribution is 2.46. The summed E-state index contributed by atoms with van der Waals surface area (Å²) in [5.74, 6) is 2.12. The molecule has 0 saturated carbocycles. The summed E-state index contributed by atoms with van der Waals surface area (Å²) >= 11 is 0. The van der Waals surface area contributed by atoms with Crippen LogP contribution < -0.4 is 9.47 Å². The van der Waals surface area contributed by atoms with Gasteiger partial charge in [0.25, 0.3) is 0 Å². The molecular weight excluding hydrogens is 340 g/mol. The van der Waals surface area contributed by atoms with Crippen LogP contribution in [0.5, 0.6) is 11.5 Å². The minimum atomic E-state index is -3.15. The zero-order valence-electron chi connectivity index (χ0n) is 14.5. The van der Waals surface area contributed by atoms with Crippen molar-refractivity contribution in [3.8, 4) is 11.5 Å². The van der Waals surface area contributed by atoms with Crippen molar-refractivity contribution in [2.45, 2.75) is 37.8 Å². The first-order chi connectivity index (χ1) is 12.0. The smallest absolute Gasteiger partial charge is 0.231 e. The van der Waals surface area contributed by atoms with E-state index in [4.69, 9.17) is 9.47 Å². The summed E-state index contributed by atoms with van der Waals surface area (Å²) in [6.45, 7) is 2.99. The van der Waals surface area contributed by atoms with Gasteiger partial charge < -0.3 is 9.47 Å². The van der Waals surface area contributed by atoms with Gasteiger partial charge in [0, 0.05) is 31.7 Å². The van der Waals surface area contributed by atoms with Crippen LogP contribution in [0, 0.1) is 5.92 Å². The monoisotopic (exact) mass is 364 g/mol. The molecule has 4 aliphatic heterocycles. The van der Waals surface area contributed by atoms with Crippen molar-refractivity contribution in [3.63, 3.8) is 0 Å². The van der Waals surface area contributed by atoms with Gasteiger partial charge in [0.2, 0.25) is 16.8 Å². The second kappa shape index (κ2) is 5.59. The highest BCUT2D eigenvalue weighted by molar-refractivity contribution is 7.88. The Morgan fingerprint density at radius 2 is 1.96 bits per heavy atom. The molecule has 4 aliphatic rings. The van der Waals surface area contributed by atoms with E-state index >= 15 is 0 Å². The van der Waals surface area contributed by atoms with Crippen molar-refractivity contribution in [1.82, 2.24) is 9.21 Å². The number of ether oxygens (including phenoxy) is 2. The van der Waals surface area contributed by atoms with Crippen LogP contribution in [0.25, 0.3) is 0 Å². The summed E-state index contributed by atoms with van der Waals surface area (Å²) in [5, 5.41) is 0. The Kier molecular flexibility index (Phi) is 3.56. The molecule has 7 heteroatoms. The van der Waals surface area contributed by atoms with Gasteiger partial charge in [0.15, 0.2) is 11.5 Å². The van der Waals surface area contributed by atoms with Gasteiger partial charge in [0.1, 0.15) is 0 Å². The fourth-order valence-electron chi connectivity index (χ4n) is 5.21. The van der Waals surface area contributed by atoms with E-state index in [1.807, 2.05) is 0 Å². The predicted octanol–water partition coefficient (Wildman–Crippen LogP) is 1.76. The van der Waals surface area contributed by atoms with Crippen LogP contribution in [-0.4, -0.2) is 56.3 Å². The highest BCUT2D eigenvalue weighted by Gasteiger charge is 2.45. The van der Waals surface area contributed by atoms with Crippen LogP contribution in [0.2, 0.25) is 0 Å². The maximum absolute atomic E-state index is 12.3. The first kappa shape index (κ1) is 15.9. The molecular formula is C18H24N2O4S. The fraction of sp³-hybridized carbons (Fsp3) is 0.667. The highest BCUT2D eigenvalue weighted by atomic mass is 32.2. The number of sulfonamides is 1. The summed E-state index contributed by atoms with van der Waals surface area (Å²) in [5.41, 5.74) is 2.62. The number of piperidine rings is 2. The Morgan fingerprint density at radius 1 is 1.16 bits per heavy atom. The van der Waals surface area contributed by atoms with Gasteiger partial charge in [-0.05, 0) is 54.9 Å². The van der Waals surface area contributed by atoms with E-state index in [1.165, 1.54) is 17.4 Å². The van der Waals surface area contributed by atoms with Crippen LogP contribution >= 0.6 is 0 Å². The van der Waals surface area contributed by atoms with E-state index in [9.17, 15) is 8.42 Å². The number of fused-ring (bicyclic) bond motifs is 5. The molecule has 0 unspecified atom stereocenters. The standard InChI is InChI=1S/C18H24N2O4S/c1-25(21,22)20-5-2-3-13-10-19-6-4-12-7-17-18(24-11-23-17)8-14(12)16(19)9-15(13)20/h7-8,13,15-16H,2-6,9-11H2,1H3/t13-,15+,16-/m1/s1. The minimum absolute atomic E-state index is 0.126. The molecule has 0 amide bonds. The minimum Gasteiger partial charge on any atom is -0.454 e. The van der Waals surface area contributed by atoms with Crippen LogP contribution in [0.3, 0.4) is 0 Å². The third-order valence-electron chi connectivity index (χ3n) is 6.33. The molecule has 5 rings (SSSR count). The lowest BCUT2D eigenvalue weighted by atomic mass is 9.77. The quantitative estimate of drug-likeness (QED) is 0.760. The molecule has 0 aliphatic carbocycles. The summed E-state index contributed by atoms with van der Waals surface area (Å²) < 4.78 is 37.4. The average Bonchev–Trinajstić information content (AvgIpc) is 3.04. The normalized spacial score (nSPS) is 32.0. The van der Waals surface area contributed by atoms with Crippen LogP contribution in [0.15, 0.2) is 12.1 Å². The van der Waals surface area contributed by atoms with Gasteiger partial charge in [-0.2, -0.15) is 4.31 Å². The molecule has 4 heterocycles. The van der Waals surface area contributed by atoms with Gasteiger partial charge in [-0.25, -0.2) is 8.42 Å². The zero-order chi connectivity index (χ0) is 17.2. The lowest BCUT2D eigenvalue weighted by Gasteiger charge is -2.51. The summed E-state index contributed by atoms with van der Waals surface area (Å²) in [6.07, 6.45) is 5.37. The maximum Gasteiger partial charge on any atom is 0.231 e. The molecule has 25 heavy (non-hydrogen) atoms. The van der Waals surface area contributed by atoms with E-state index in [0.29, 0.717) is 19.3 Å². The van der Waals surface area contributed by atoms with Crippen LogP contribution in [0.4, 0.5) is 0 Å². The molecule has 3 atom stereocenters. The van der Waals surface area contributed by atoms with E-state index in [2.05, 4.69) is 17.0 Å². The topological polar surface area (TPSA) is 59.1 Å². The Bertz CT molecular complexity index is 810. The lowest BCUT2D eigenvalue weighted by Crippen LogP contribution is -2.57. The molecule has 0 N–H and O–H groups in total. The van der Waals surface area contributed by atoms with Gasteiger partial charge in [-0.1, -0.05) is 0 Å². The summed E-state index contributed by atoms with van der Waals surface area (Å²) in [7, 11) is -3.15. The van der Waals surface area contributed by atoms with Crippen molar-refractivity contribution < 1.29 is 17.9 Å². The number of benzene rings is 1. The number of nitrogens with zero attached hydrogens (tertiary/aromatic N) is 2. The first-order valence-electron chi connectivity index (χ1n) is 9.14. The van der Waals surface area contributed by atoms with Gasteiger partial charge in [-0.15, -0.1) is 0 Å². The predicted molar refractivity (Wildman–Crippen MR) is 93.3 cm³/mol. The largest absolute Gasteiger partial charge is 0.454 e. The Hall–Kier alpha value is -1.31. The van der Waals surface area contributed by atoms with Gasteiger partial charge >= 0.3 is 0 Å². The Morgan fingerprint density at radius 3 is 2.76 bits per heavy atom. The van der Waals surface area contributed by atoms with Crippen molar-refractivity contribution >= 4 is 10.0 Å². The Balaban J connectivity index is 1.51. The third-order valence-corrected chi connectivity index (χ3v) is 7.64. The molecule has 136 valence electrons. The van der Waals surface area contributed by atoms with Gasteiger partial charge in [-0.3, -0.25) is 4.90 Å². The molecule has 2 saturated heterocycles. The maximum atomic E-state index is 12.3. The van der Waals surface area contributed by atoms with Crippen molar-refractivity contribution in [2.75, 3.05) is 32.7 Å². The lowest BCUT2D eigenvalue weighted by molar-refractivity contribution is 0.0222. The van der Waals surface area contributed by atoms with E-state index < -0.39 is 10.0 Å². The van der Waals surface area contributed by atoms with Crippen molar-refractivity contribution in [1.29, 1.82) is 0 Å². The number of rotatable bonds is 1. The molecule has 1 aromatic rings. The van der Waals surface area contributed by atoms with Crippen LogP contribution in [-0.2, 0) is 16.4 Å². The van der Waals surface area contributed by atoms with E-state index in [1.54, 1.807) is 4.31 Å². The summed E-state index contributed by atoms with van der Waals surface area (Å²) in [4.78, 5) is 2.55. The third kappa shape index (κ3) is 2.55. The molecule has 0 aromatic heterocycles. The summed E-state index contributed by atoms with van der Waals surface area (Å²) in [6, 6.07) is 4.65. The molecule has 1 aromatic carbocycles. The van der Waals surface area contributed by atoms with Crippen molar-refractivity contribution in [2.24, 2.45) is 5.92 Å². The van der Waals surface area contributed by atoms with Crippen molar-refractivity contribution in [3.05, 3.63) is 23.3 Å². The van der Waals surface area contributed by atoms with Gasteiger partial charge in [0.05, 0.1) is 6.26 Å². The molecule has 0 bridgehead atoms. The van der Waals surface area contributed by atoms with E-state index in [0.717, 1.165) is 50.3 Å². The number of hydrogen-bond acceptors (Lipinski definition) is 5.